The monoisotopic (exact) mass is 262 g/mol. The van der Waals surface area contributed by atoms with Gasteiger partial charge in [0, 0.05) is 6.26 Å². The van der Waals surface area contributed by atoms with Crippen LogP contribution in [-0.4, -0.2) is 54.6 Å². The van der Waals surface area contributed by atoms with Crippen molar-refractivity contribution in [3.8, 4) is 0 Å². The Morgan fingerprint density at radius 3 is 2.20 bits per heavy atom. The Kier molecular flexibility index (Phi) is 6.24. The van der Waals surface area contributed by atoms with Gasteiger partial charge in [-0.25, -0.2) is 16.8 Å². The van der Waals surface area contributed by atoms with Crippen LogP contribution in [-0.2, 0) is 29.2 Å². The summed E-state index contributed by atoms with van der Waals surface area (Å²) in [6.07, 6.45) is 0.635. The molecule has 0 rings (SSSR count). The zero-order valence-corrected chi connectivity index (χ0v) is 9.62. The number of rotatable bonds is 8. The van der Waals surface area contributed by atoms with Crippen molar-refractivity contribution in [3.63, 3.8) is 0 Å². The highest BCUT2D eigenvalue weighted by Gasteiger charge is 2.03. The summed E-state index contributed by atoms with van der Waals surface area (Å²) >= 11 is 0. The van der Waals surface area contributed by atoms with Gasteiger partial charge < -0.3 is 14.0 Å². The standard InChI is InChI=1S/C5H12NO7S2/c1-14(8,9)6-15(10,11)13-5-4-12-3-2-7/h7H,2-5H2,1H3/q-1. The van der Waals surface area contributed by atoms with Gasteiger partial charge in [-0.15, -0.1) is 0 Å². The first-order chi connectivity index (χ1) is 6.77. The van der Waals surface area contributed by atoms with Crippen molar-refractivity contribution in [2.45, 2.75) is 0 Å². The Morgan fingerprint density at radius 2 is 1.73 bits per heavy atom. The molecule has 15 heavy (non-hydrogen) atoms. The van der Waals surface area contributed by atoms with Gasteiger partial charge in [0.2, 0.25) is 10.3 Å². The topological polar surface area (TPSA) is 121 Å². The predicted molar refractivity (Wildman–Crippen MR) is 51.0 cm³/mol. The number of sulfonamides is 1. The Balaban J connectivity index is 3.86. The second-order valence-corrected chi connectivity index (χ2v) is 5.55. The lowest BCUT2D eigenvalue weighted by atomic mass is 10.7. The highest BCUT2D eigenvalue weighted by molar-refractivity contribution is 8.09. The lowest BCUT2D eigenvalue weighted by molar-refractivity contribution is 0.0722. The van der Waals surface area contributed by atoms with Crippen LogP contribution in [0.1, 0.15) is 0 Å². The average molecular weight is 262 g/mol. The normalized spacial score (nSPS) is 12.9. The van der Waals surface area contributed by atoms with Gasteiger partial charge >= 0.3 is 0 Å². The van der Waals surface area contributed by atoms with Crippen LogP contribution in [0.25, 0.3) is 4.13 Å². The molecule has 0 saturated carbocycles. The van der Waals surface area contributed by atoms with Crippen LogP contribution >= 0.6 is 0 Å². The molecule has 92 valence electrons. The van der Waals surface area contributed by atoms with Crippen molar-refractivity contribution in [2.24, 2.45) is 0 Å². The third-order valence-corrected chi connectivity index (χ3v) is 3.20. The average Bonchev–Trinajstić information content (AvgIpc) is 1.99. The van der Waals surface area contributed by atoms with Crippen LogP contribution in [0.15, 0.2) is 0 Å². The molecule has 0 aromatic carbocycles. The molecule has 0 unspecified atom stereocenters. The maximum Gasteiger partial charge on any atom is 0.201 e. The summed E-state index contributed by atoms with van der Waals surface area (Å²) in [6.45, 7) is -0.590. The fourth-order valence-electron chi connectivity index (χ4n) is 0.552. The molecule has 0 fully saturated rings. The van der Waals surface area contributed by atoms with Crippen molar-refractivity contribution in [2.75, 3.05) is 32.7 Å². The summed E-state index contributed by atoms with van der Waals surface area (Å²) in [5.74, 6) is 0. The molecule has 0 aliphatic rings. The molecule has 0 spiro atoms. The summed E-state index contributed by atoms with van der Waals surface area (Å²) in [7, 11) is -8.43. The molecule has 0 radical (unpaired) electrons. The quantitative estimate of drug-likeness (QED) is 0.533. The minimum absolute atomic E-state index is 0.0482. The number of nitrogens with zero attached hydrogens (tertiary/aromatic N) is 1. The number of hydrogen-bond acceptors (Lipinski definition) is 7. The van der Waals surface area contributed by atoms with E-state index in [0.29, 0.717) is 6.26 Å². The first-order valence-electron chi connectivity index (χ1n) is 3.79. The van der Waals surface area contributed by atoms with E-state index in [0.717, 1.165) is 0 Å². The first-order valence-corrected chi connectivity index (χ1v) is 7.00. The number of hydrogen-bond donors (Lipinski definition) is 1. The van der Waals surface area contributed by atoms with E-state index in [-0.39, 0.29) is 26.4 Å². The van der Waals surface area contributed by atoms with Gasteiger partial charge in [0.15, 0.2) is 0 Å². The molecule has 8 nitrogen and oxygen atoms in total. The van der Waals surface area contributed by atoms with Crippen molar-refractivity contribution in [1.82, 2.24) is 0 Å². The Morgan fingerprint density at radius 1 is 1.13 bits per heavy atom. The molecule has 0 amide bonds. The van der Waals surface area contributed by atoms with Crippen LogP contribution in [0.5, 0.6) is 0 Å². The molecule has 0 aliphatic carbocycles. The first kappa shape index (κ1) is 14.7. The summed E-state index contributed by atoms with van der Waals surface area (Å²) in [5.41, 5.74) is 0. The van der Waals surface area contributed by atoms with E-state index < -0.39 is 20.3 Å². The molecule has 0 saturated heterocycles. The molecular formula is C5H12NO7S2-. The number of aliphatic hydroxyl groups is 1. The maximum absolute atomic E-state index is 10.8. The molecule has 10 heteroatoms. The number of ether oxygens (including phenoxy) is 1. The molecule has 0 heterocycles. The minimum atomic E-state index is -4.43. The van der Waals surface area contributed by atoms with E-state index in [1.165, 1.54) is 0 Å². The summed E-state index contributed by atoms with van der Waals surface area (Å²) in [6, 6.07) is 0. The van der Waals surface area contributed by atoms with Crippen LogP contribution in [0.4, 0.5) is 0 Å². The van der Waals surface area contributed by atoms with Crippen LogP contribution in [0.3, 0.4) is 0 Å². The second-order valence-electron chi connectivity index (χ2n) is 2.39. The van der Waals surface area contributed by atoms with Crippen molar-refractivity contribution in [3.05, 3.63) is 4.13 Å². The molecule has 0 aliphatic heterocycles. The summed E-state index contributed by atoms with van der Waals surface area (Å²) < 4.78 is 53.9. The van der Waals surface area contributed by atoms with Crippen LogP contribution in [0, 0.1) is 0 Å². The van der Waals surface area contributed by atoms with Crippen molar-refractivity contribution in [1.29, 1.82) is 0 Å². The van der Waals surface area contributed by atoms with Gasteiger partial charge in [-0.05, 0) is 0 Å². The van der Waals surface area contributed by atoms with E-state index in [2.05, 4.69) is 13.0 Å². The molecule has 0 aromatic rings. The van der Waals surface area contributed by atoms with Crippen LogP contribution < -0.4 is 0 Å². The van der Waals surface area contributed by atoms with Gasteiger partial charge in [0.05, 0.1) is 36.5 Å². The van der Waals surface area contributed by atoms with E-state index in [1.54, 1.807) is 0 Å². The van der Waals surface area contributed by atoms with E-state index in [1.807, 2.05) is 0 Å². The van der Waals surface area contributed by atoms with Gasteiger partial charge in [-0.3, -0.25) is 4.18 Å². The van der Waals surface area contributed by atoms with Gasteiger partial charge in [0.1, 0.15) is 0 Å². The van der Waals surface area contributed by atoms with Gasteiger partial charge in [-0.2, -0.15) is 0 Å². The molecular weight excluding hydrogens is 250 g/mol. The third-order valence-electron chi connectivity index (χ3n) is 0.922. The summed E-state index contributed by atoms with van der Waals surface area (Å²) in [4.78, 5) is 0. The lowest BCUT2D eigenvalue weighted by Crippen LogP contribution is -2.13. The second kappa shape index (κ2) is 6.35. The molecule has 0 aromatic heterocycles. The zero-order valence-electron chi connectivity index (χ0n) is 7.99. The SMILES string of the molecule is CS(=O)(=O)[N-]S(=O)(=O)OCCOCCO. The van der Waals surface area contributed by atoms with E-state index in [9.17, 15) is 16.8 Å². The zero-order chi connectivity index (χ0) is 11.9. The highest BCUT2D eigenvalue weighted by atomic mass is 32.3. The smallest absolute Gasteiger partial charge is 0.201 e. The fraction of sp³-hybridized carbons (Fsp3) is 1.00. The maximum atomic E-state index is 10.8. The fourth-order valence-corrected chi connectivity index (χ4v) is 2.33. The van der Waals surface area contributed by atoms with Crippen LogP contribution in [0.2, 0.25) is 0 Å². The van der Waals surface area contributed by atoms with Crippen molar-refractivity contribution >= 4 is 20.3 Å². The Labute approximate surface area is 88.5 Å². The Hall–Kier alpha value is -0.260. The van der Waals surface area contributed by atoms with Crippen molar-refractivity contribution < 1.29 is 30.9 Å². The van der Waals surface area contributed by atoms with E-state index in [4.69, 9.17) is 5.11 Å². The number of aliphatic hydroxyl groups excluding tert-OH is 1. The van der Waals surface area contributed by atoms with E-state index >= 15 is 0 Å². The Bertz CT molecular complexity index is 359. The third kappa shape index (κ3) is 10.0. The minimum Gasteiger partial charge on any atom is -0.412 e. The summed E-state index contributed by atoms with van der Waals surface area (Å²) in [5, 5.41) is 8.30. The molecule has 0 atom stereocenters. The predicted octanol–water partition coefficient (Wildman–Crippen LogP) is -1.41. The molecule has 0 bridgehead atoms. The largest absolute Gasteiger partial charge is 0.412 e. The molecule has 1 N–H and O–H groups in total. The van der Waals surface area contributed by atoms with Gasteiger partial charge in [-0.1, -0.05) is 0 Å². The van der Waals surface area contributed by atoms with Gasteiger partial charge in [0.25, 0.3) is 0 Å². The lowest BCUT2D eigenvalue weighted by Gasteiger charge is -2.16. The highest BCUT2D eigenvalue weighted by Crippen LogP contribution is 2.09.